The van der Waals surface area contributed by atoms with Crippen LogP contribution in [0.3, 0.4) is 0 Å². The second-order valence-corrected chi connectivity index (χ2v) is 7.21. The second kappa shape index (κ2) is 8.24. The number of anilines is 1. The molecule has 0 atom stereocenters. The third kappa shape index (κ3) is 4.39. The third-order valence-electron chi connectivity index (χ3n) is 4.85. The van der Waals surface area contributed by atoms with Crippen LogP contribution in [-0.2, 0) is 4.79 Å². The van der Waals surface area contributed by atoms with Crippen LogP contribution in [0.5, 0.6) is 0 Å². The molecule has 0 radical (unpaired) electrons. The number of benzene rings is 1. The minimum atomic E-state index is -0.806. The Morgan fingerprint density at radius 2 is 1.82 bits per heavy atom. The van der Waals surface area contributed by atoms with Crippen molar-refractivity contribution in [3.63, 3.8) is 0 Å². The van der Waals surface area contributed by atoms with Gasteiger partial charge < -0.3 is 19.8 Å². The number of amides is 2. The van der Waals surface area contributed by atoms with E-state index in [0.29, 0.717) is 42.9 Å². The van der Waals surface area contributed by atoms with Crippen molar-refractivity contribution >= 4 is 23.5 Å². The molecule has 8 heteroatoms. The quantitative estimate of drug-likeness (QED) is 0.818. The van der Waals surface area contributed by atoms with Crippen molar-refractivity contribution in [1.29, 1.82) is 0 Å². The Morgan fingerprint density at radius 3 is 2.36 bits per heavy atom. The molecule has 0 saturated carbocycles. The Bertz CT molecular complexity index is 864. The molecule has 28 heavy (non-hydrogen) atoms. The highest BCUT2D eigenvalue weighted by Crippen LogP contribution is 2.20. The molecule has 2 heterocycles. The number of nitrogens with one attached hydrogen (secondary N) is 1. The lowest BCUT2D eigenvalue weighted by Gasteiger charge is -2.30. The molecule has 1 aromatic heterocycles. The monoisotopic (exact) mass is 385 g/mol. The van der Waals surface area contributed by atoms with E-state index in [1.165, 1.54) is 0 Å². The van der Waals surface area contributed by atoms with Gasteiger partial charge in [-0.1, -0.05) is 19.0 Å². The molecule has 2 aromatic rings. The first-order chi connectivity index (χ1) is 13.3. The Labute approximate surface area is 162 Å². The molecular weight excluding hydrogens is 362 g/mol. The first-order valence-electron chi connectivity index (χ1n) is 9.25. The fourth-order valence-electron chi connectivity index (χ4n) is 3.07. The van der Waals surface area contributed by atoms with E-state index < -0.39 is 5.97 Å². The summed E-state index contributed by atoms with van der Waals surface area (Å²) in [6, 6.07) is 8.20. The van der Waals surface area contributed by atoms with Crippen LogP contribution in [-0.4, -0.2) is 46.0 Å². The lowest BCUT2D eigenvalue weighted by Crippen LogP contribution is -2.40. The van der Waals surface area contributed by atoms with Gasteiger partial charge in [0.15, 0.2) is 5.69 Å². The zero-order valence-corrected chi connectivity index (χ0v) is 15.8. The van der Waals surface area contributed by atoms with Crippen LogP contribution in [0.25, 0.3) is 0 Å². The highest BCUT2D eigenvalue weighted by Gasteiger charge is 2.27. The highest BCUT2D eigenvalue weighted by molar-refractivity contribution is 6.03. The number of likely N-dealkylation sites (tertiary alicyclic amines) is 1. The Balaban J connectivity index is 1.59. The molecule has 148 valence electrons. The molecule has 2 amide bonds. The van der Waals surface area contributed by atoms with Crippen molar-refractivity contribution in [2.45, 2.75) is 32.6 Å². The van der Waals surface area contributed by atoms with Gasteiger partial charge in [-0.3, -0.25) is 14.4 Å². The van der Waals surface area contributed by atoms with E-state index in [1.54, 1.807) is 35.2 Å². The number of aromatic nitrogens is 1. The van der Waals surface area contributed by atoms with Gasteiger partial charge in [-0.2, -0.15) is 0 Å². The first kappa shape index (κ1) is 19.6. The van der Waals surface area contributed by atoms with Gasteiger partial charge in [0.2, 0.25) is 0 Å². The number of carbonyl (C=O) groups excluding carboxylic acids is 2. The number of piperidine rings is 1. The number of carbonyl (C=O) groups is 3. The van der Waals surface area contributed by atoms with Gasteiger partial charge in [-0.15, -0.1) is 0 Å². The van der Waals surface area contributed by atoms with E-state index in [9.17, 15) is 14.4 Å². The molecule has 8 nitrogen and oxygen atoms in total. The smallest absolute Gasteiger partial charge is 0.306 e. The summed E-state index contributed by atoms with van der Waals surface area (Å²) in [5, 5.41) is 15.5. The van der Waals surface area contributed by atoms with Crippen LogP contribution in [0.2, 0.25) is 0 Å². The Morgan fingerprint density at radius 1 is 1.18 bits per heavy atom. The molecule has 1 aliphatic heterocycles. The molecule has 2 N–H and O–H groups in total. The molecular formula is C20H23N3O5. The summed E-state index contributed by atoms with van der Waals surface area (Å²) in [7, 11) is 0. The average Bonchev–Trinajstić information content (AvgIpc) is 3.19. The number of carboxylic acid groups (broad SMARTS) is 1. The lowest BCUT2D eigenvalue weighted by atomic mass is 9.96. The Kier molecular flexibility index (Phi) is 5.77. The van der Waals surface area contributed by atoms with Crippen molar-refractivity contribution in [2.75, 3.05) is 18.4 Å². The molecule has 0 spiro atoms. The maximum atomic E-state index is 12.6. The molecule has 1 fully saturated rings. The molecule has 1 saturated heterocycles. The fourth-order valence-corrected chi connectivity index (χ4v) is 3.07. The number of carboxylic acids is 1. The molecule has 3 rings (SSSR count). The fraction of sp³-hybridized carbons (Fsp3) is 0.400. The molecule has 0 bridgehead atoms. The van der Waals surface area contributed by atoms with Crippen LogP contribution in [0.4, 0.5) is 5.69 Å². The predicted molar refractivity (Wildman–Crippen MR) is 101 cm³/mol. The predicted octanol–water partition coefficient (Wildman–Crippen LogP) is 2.99. The summed E-state index contributed by atoms with van der Waals surface area (Å²) >= 11 is 0. The van der Waals surface area contributed by atoms with Gasteiger partial charge in [-0.05, 0) is 37.1 Å². The summed E-state index contributed by atoms with van der Waals surface area (Å²) in [6.07, 6.45) is 0.927. The summed E-state index contributed by atoms with van der Waals surface area (Å²) in [6.45, 7) is 4.75. The first-order valence-corrected chi connectivity index (χ1v) is 9.25. The SMILES string of the molecule is CC(C)c1cc(C(=O)Nc2ccc(C(=O)N3CCC(C(=O)O)CC3)cc2)no1. The van der Waals surface area contributed by atoms with Crippen LogP contribution in [0.15, 0.2) is 34.9 Å². The number of hydrogen-bond acceptors (Lipinski definition) is 5. The van der Waals surface area contributed by atoms with Crippen molar-refractivity contribution in [3.05, 3.63) is 47.3 Å². The second-order valence-electron chi connectivity index (χ2n) is 7.21. The van der Waals surface area contributed by atoms with Gasteiger partial charge in [0, 0.05) is 36.3 Å². The topological polar surface area (TPSA) is 113 Å². The van der Waals surface area contributed by atoms with Crippen molar-refractivity contribution < 1.29 is 24.0 Å². The maximum absolute atomic E-state index is 12.6. The van der Waals surface area contributed by atoms with Crippen molar-refractivity contribution in [1.82, 2.24) is 10.1 Å². The Hall–Kier alpha value is -3.16. The van der Waals surface area contributed by atoms with Gasteiger partial charge in [0.1, 0.15) is 5.76 Å². The lowest BCUT2D eigenvalue weighted by molar-refractivity contribution is -0.143. The van der Waals surface area contributed by atoms with Gasteiger partial charge in [0.05, 0.1) is 5.92 Å². The van der Waals surface area contributed by atoms with E-state index in [4.69, 9.17) is 9.63 Å². The summed E-state index contributed by atoms with van der Waals surface area (Å²) in [5.74, 6) is -0.933. The molecule has 1 aliphatic rings. The van der Waals surface area contributed by atoms with Gasteiger partial charge in [0.25, 0.3) is 11.8 Å². The normalized spacial score (nSPS) is 14.9. The standard InChI is InChI=1S/C20H23N3O5/c1-12(2)17-11-16(22-28-17)18(24)21-15-5-3-13(4-6-15)19(25)23-9-7-14(8-10-23)20(26)27/h3-6,11-12,14H,7-10H2,1-2H3,(H,21,24)(H,26,27). The third-order valence-corrected chi connectivity index (χ3v) is 4.85. The van der Waals surface area contributed by atoms with Crippen LogP contribution in [0.1, 0.15) is 59.2 Å². The van der Waals surface area contributed by atoms with E-state index in [1.807, 2.05) is 13.8 Å². The number of hydrogen-bond donors (Lipinski definition) is 2. The molecule has 0 unspecified atom stereocenters. The van der Waals surface area contributed by atoms with Crippen LogP contribution < -0.4 is 5.32 Å². The summed E-state index contributed by atoms with van der Waals surface area (Å²) in [5.41, 5.74) is 1.24. The highest BCUT2D eigenvalue weighted by atomic mass is 16.5. The van der Waals surface area contributed by atoms with Crippen LogP contribution >= 0.6 is 0 Å². The van der Waals surface area contributed by atoms with E-state index in [2.05, 4.69) is 10.5 Å². The number of nitrogens with zero attached hydrogens (tertiary/aromatic N) is 2. The van der Waals surface area contributed by atoms with Crippen molar-refractivity contribution in [3.8, 4) is 0 Å². The maximum Gasteiger partial charge on any atom is 0.306 e. The average molecular weight is 385 g/mol. The van der Waals surface area contributed by atoms with E-state index in [0.717, 1.165) is 0 Å². The largest absolute Gasteiger partial charge is 0.481 e. The van der Waals surface area contributed by atoms with E-state index >= 15 is 0 Å². The zero-order valence-electron chi connectivity index (χ0n) is 15.8. The minimum Gasteiger partial charge on any atom is -0.481 e. The zero-order chi connectivity index (χ0) is 20.3. The van der Waals surface area contributed by atoms with Crippen LogP contribution in [0, 0.1) is 5.92 Å². The van der Waals surface area contributed by atoms with E-state index in [-0.39, 0.29) is 29.3 Å². The summed E-state index contributed by atoms with van der Waals surface area (Å²) in [4.78, 5) is 37.5. The van der Waals surface area contributed by atoms with Crippen molar-refractivity contribution in [2.24, 2.45) is 5.92 Å². The number of rotatable bonds is 5. The molecule has 1 aromatic carbocycles. The molecule has 0 aliphatic carbocycles. The number of aliphatic carboxylic acids is 1. The summed E-state index contributed by atoms with van der Waals surface area (Å²) < 4.78 is 5.13. The van der Waals surface area contributed by atoms with Gasteiger partial charge in [-0.25, -0.2) is 0 Å². The minimum absolute atomic E-state index is 0.139. The van der Waals surface area contributed by atoms with Gasteiger partial charge >= 0.3 is 5.97 Å².